The van der Waals surface area contributed by atoms with Crippen molar-refractivity contribution >= 4 is 9.84 Å². The summed E-state index contributed by atoms with van der Waals surface area (Å²) < 4.78 is 22.6. The Labute approximate surface area is 110 Å². The molecule has 108 valence electrons. The van der Waals surface area contributed by atoms with Gasteiger partial charge in [0.2, 0.25) is 0 Å². The number of hydrogen-bond acceptors (Lipinski definition) is 5. The topological polar surface area (TPSA) is 69.6 Å². The van der Waals surface area contributed by atoms with Crippen molar-refractivity contribution < 1.29 is 13.5 Å². The highest BCUT2D eigenvalue weighted by Gasteiger charge is 2.35. The van der Waals surface area contributed by atoms with Gasteiger partial charge >= 0.3 is 0 Å². The summed E-state index contributed by atoms with van der Waals surface area (Å²) in [6.07, 6.45) is 1.34. The van der Waals surface area contributed by atoms with E-state index in [1.54, 1.807) is 0 Å². The Kier molecular flexibility index (Phi) is 6.04. The molecule has 0 aromatic rings. The van der Waals surface area contributed by atoms with Crippen molar-refractivity contribution in [1.29, 1.82) is 0 Å². The Balaban J connectivity index is 2.12. The molecule has 1 aliphatic heterocycles. The van der Waals surface area contributed by atoms with Crippen LogP contribution in [0, 0.1) is 0 Å². The summed E-state index contributed by atoms with van der Waals surface area (Å²) in [4.78, 5) is 2.29. The minimum absolute atomic E-state index is 0.0695. The maximum absolute atomic E-state index is 11.3. The van der Waals surface area contributed by atoms with Gasteiger partial charge in [0.05, 0.1) is 17.6 Å². The molecule has 0 radical (unpaired) electrons. The van der Waals surface area contributed by atoms with Gasteiger partial charge in [-0.1, -0.05) is 0 Å². The standard InChI is InChI=1S/C12H26N2O3S/c1-10(2)14(3)7-5-4-6-13-11-8-18(16,17)9-12(11)15/h10-13,15H,4-9H2,1-3H3. The molecule has 2 N–H and O–H groups in total. The molecule has 1 heterocycles. The molecule has 2 atom stereocenters. The normalized spacial score (nSPS) is 27.2. The second kappa shape index (κ2) is 6.84. The summed E-state index contributed by atoms with van der Waals surface area (Å²) in [6.45, 7) is 6.14. The summed E-state index contributed by atoms with van der Waals surface area (Å²) in [7, 11) is -0.930. The number of unbranched alkanes of at least 4 members (excludes halogenated alkanes) is 1. The maximum atomic E-state index is 11.3. The predicted octanol–water partition coefficient (Wildman–Crippen LogP) is -0.146. The molecule has 5 nitrogen and oxygen atoms in total. The molecule has 6 heteroatoms. The zero-order valence-electron chi connectivity index (χ0n) is 11.6. The minimum atomic E-state index is -3.03. The van der Waals surface area contributed by atoms with E-state index < -0.39 is 15.9 Å². The number of aliphatic hydroxyl groups excluding tert-OH is 1. The summed E-state index contributed by atoms with van der Waals surface area (Å²) >= 11 is 0. The highest BCUT2D eigenvalue weighted by molar-refractivity contribution is 7.91. The van der Waals surface area contributed by atoms with Gasteiger partial charge in [-0.05, 0) is 46.8 Å². The fourth-order valence-electron chi connectivity index (χ4n) is 2.06. The number of rotatable bonds is 7. The molecule has 1 fully saturated rings. The van der Waals surface area contributed by atoms with Crippen molar-refractivity contribution in [1.82, 2.24) is 10.2 Å². The molecule has 1 aliphatic rings. The first-order valence-electron chi connectivity index (χ1n) is 6.64. The molecule has 0 amide bonds. The first-order chi connectivity index (χ1) is 8.32. The molecule has 1 saturated heterocycles. The lowest BCUT2D eigenvalue weighted by molar-refractivity contribution is 0.165. The van der Waals surface area contributed by atoms with E-state index in [1.165, 1.54) is 0 Å². The smallest absolute Gasteiger partial charge is 0.154 e. The molecule has 1 rings (SSSR count). The Morgan fingerprint density at radius 1 is 1.33 bits per heavy atom. The monoisotopic (exact) mass is 278 g/mol. The molecule has 2 unspecified atom stereocenters. The Hall–Kier alpha value is -0.170. The van der Waals surface area contributed by atoms with E-state index in [0.717, 1.165) is 25.9 Å². The van der Waals surface area contributed by atoms with Gasteiger partial charge in [-0.3, -0.25) is 0 Å². The van der Waals surface area contributed by atoms with Crippen LogP contribution in [0.25, 0.3) is 0 Å². The number of hydrogen-bond donors (Lipinski definition) is 2. The van der Waals surface area contributed by atoms with Crippen molar-refractivity contribution in [2.45, 2.75) is 44.9 Å². The lowest BCUT2D eigenvalue weighted by atomic mass is 10.2. The van der Waals surface area contributed by atoms with Crippen LogP contribution in [0.4, 0.5) is 0 Å². The van der Waals surface area contributed by atoms with Crippen LogP contribution in [0.2, 0.25) is 0 Å². The summed E-state index contributed by atoms with van der Waals surface area (Å²) in [6, 6.07) is 0.276. The largest absolute Gasteiger partial charge is 0.390 e. The number of aliphatic hydroxyl groups is 1. The highest BCUT2D eigenvalue weighted by atomic mass is 32.2. The number of nitrogens with one attached hydrogen (secondary N) is 1. The summed E-state index contributed by atoms with van der Waals surface area (Å²) in [5, 5.41) is 12.7. The van der Waals surface area contributed by atoms with Crippen LogP contribution in [0.5, 0.6) is 0 Å². The van der Waals surface area contributed by atoms with Gasteiger partial charge in [-0.25, -0.2) is 8.42 Å². The average Bonchev–Trinajstić information content (AvgIpc) is 2.51. The Bertz CT molecular complexity index is 343. The first-order valence-corrected chi connectivity index (χ1v) is 8.46. The van der Waals surface area contributed by atoms with E-state index in [0.29, 0.717) is 6.04 Å². The lowest BCUT2D eigenvalue weighted by Crippen LogP contribution is -2.39. The van der Waals surface area contributed by atoms with Gasteiger partial charge in [0, 0.05) is 12.1 Å². The SMILES string of the molecule is CC(C)N(C)CCCCNC1CS(=O)(=O)CC1O. The fourth-order valence-corrected chi connectivity index (χ4v) is 3.83. The van der Waals surface area contributed by atoms with E-state index in [1.807, 2.05) is 0 Å². The molecule has 0 bridgehead atoms. The molecular weight excluding hydrogens is 252 g/mol. The Morgan fingerprint density at radius 2 is 2.00 bits per heavy atom. The van der Waals surface area contributed by atoms with Crippen LogP contribution >= 0.6 is 0 Å². The molecular formula is C12H26N2O3S. The maximum Gasteiger partial charge on any atom is 0.154 e. The Morgan fingerprint density at radius 3 is 2.50 bits per heavy atom. The van der Waals surface area contributed by atoms with Crippen LogP contribution in [0.3, 0.4) is 0 Å². The molecule has 0 spiro atoms. The quantitative estimate of drug-likeness (QED) is 0.634. The van der Waals surface area contributed by atoms with Gasteiger partial charge in [0.1, 0.15) is 0 Å². The third kappa shape index (κ3) is 5.22. The van der Waals surface area contributed by atoms with Gasteiger partial charge in [-0.15, -0.1) is 0 Å². The molecule has 0 aromatic heterocycles. The van der Waals surface area contributed by atoms with Gasteiger partial charge in [0.15, 0.2) is 9.84 Å². The zero-order valence-corrected chi connectivity index (χ0v) is 12.4. The highest BCUT2D eigenvalue weighted by Crippen LogP contribution is 2.12. The van der Waals surface area contributed by atoms with E-state index in [2.05, 4.69) is 31.1 Å². The van der Waals surface area contributed by atoms with Crippen molar-refractivity contribution in [3.05, 3.63) is 0 Å². The summed E-state index contributed by atoms with van der Waals surface area (Å²) in [5.41, 5.74) is 0. The third-order valence-corrected chi connectivity index (χ3v) is 5.26. The zero-order chi connectivity index (χ0) is 13.8. The first kappa shape index (κ1) is 15.9. The molecule has 0 saturated carbocycles. The molecule has 0 aliphatic carbocycles. The fraction of sp³-hybridized carbons (Fsp3) is 1.00. The number of nitrogens with zero attached hydrogens (tertiary/aromatic N) is 1. The van der Waals surface area contributed by atoms with Crippen LogP contribution in [-0.2, 0) is 9.84 Å². The van der Waals surface area contributed by atoms with E-state index in [4.69, 9.17) is 0 Å². The molecule has 18 heavy (non-hydrogen) atoms. The second-order valence-corrected chi connectivity index (χ2v) is 7.64. The predicted molar refractivity (Wildman–Crippen MR) is 73.5 cm³/mol. The third-order valence-electron chi connectivity index (χ3n) is 3.55. The van der Waals surface area contributed by atoms with Crippen LogP contribution in [0.1, 0.15) is 26.7 Å². The van der Waals surface area contributed by atoms with Crippen LogP contribution < -0.4 is 5.32 Å². The van der Waals surface area contributed by atoms with Gasteiger partial charge < -0.3 is 15.3 Å². The van der Waals surface area contributed by atoms with Gasteiger partial charge in [-0.2, -0.15) is 0 Å². The molecule has 0 aromatic carbocycles. The van der Waals surface area contributed by atoms with Crippen molar-refractivity contribution in [2.75, 3.05) is 31.6 Å². The van der Waals surface area contributed by atoms with E-state index >= 15 is 0 Å². The minimum Gasteiger partial charge on any atom is -0.390 e. The van der Waals surface area contributed by atoms with Crippen molar-refractivity contribution in [2.24, 2.45) is 0 Å². The van der Waals surface area contributed by atoms with E-state index in [-0.39, 0.29) is 17.5 Å². The lowest BCUT2D eigenvalue weighted by Gasteiger charge is -2.21. The second-order valence-electron chi connectivity index (χ2n) is 5.49. The van der Waals surface area contributed by atoms with Crippen LogP contribution in [0.15, 0.2) is 0 Å². The van der Waals surface area contributed by atoms with E-state index in [9.17, 15) is 13.5 Å². The van der Waals surface area contributed by atoms with Crippen molar-refractivity contribution in [3.63, 3.8) is 0 Å². The average molecular weight is 278 g/mol. The van der Waals surface area contributed by atoms with Crippen LogP contribution in [-0.4, -0.2) is 68.3 Å². The van der Waals surface area contributed by atoms with Crippen molar-refractivity contribution in [3.8, 4) is 0 Å². The van der Waals surface area contributed by atoms with Gasteiger partial charge in [0.25, 0.3) is 0 Å². The summed E-state index contributed by atoms with van der Waals surface area (Å²) in [5.74, 6) is -0.0270. The number of sulfone groups is 1.